The zero-order chi connectivity index (χ0) is 21.2. The van der Waals surface area contributed by atoms with Crippen molar-refractivity contribution in [3.05, 3.63) is 46.5 Å². The minimum atomic E-state index is -0.816. The Bertz CT molecular complexity index is 764. The molecule has 0 saturated heterocycles. The van der Waals surface area contributed by atoms with Gasteiger partial charge in [0.05, 0.1) is 5.60 Å². The van der Waals surface area contributed by atoms with Gasteiger partial charge in [0.2, 0.25) is 0 Å². The number of fused-ring (bicyclic) bond motifs is 1. The van der Waals surface area contributed by atoms with Crippen LogP contribution in [0.5, 0.6) is 0 Å². The lowest BCUT2D eigenvalue weighted by atomic mass is 9.57. The minimum Gasteiger partial charge on any atom is -0.458 e. The second kappa shape index (κ2) is 9.20. The van der Waals surface area contributed by atoms with Crippen LogP contribution >= 0.6 is 11.6 Å². The molecular formula is C24H34ClNO3. The Kier molecular flexibility index (Phi) is 7.08. The zero-order valence-electron chi connectivity index (χ0n) is 18.0. The Hall–Kier alpha value is -1.36. The summed E-state index contributed by atoms with van der Waals surface area (Å²) in [6.07, 6.45) is 4.47. The topological polar surface area (TPSA) is 58.6 Å². The van der Waals surface area contributed by atoms with Crippen molar-refractivity contribution in [2.75, 3.05) is 6.54 Å². The Balaban J connectivity index is 1.69. The second-order valence-electron chi connectivity index (χ2n) is 9.11. The van der Waals surface area contributed by atoms with Crippen LogP contribution < -0.4 is 5.32 Å². The molecule has 0 aromatic heterocycles. The van der Waals surface area contributed by atoms with Gasteiger partial charge >= 0.3 is 5.97 Å². The van der Waals surface area contributed by atoms with Gasteiger partial charge in [-0.3, -0.25) is 4.79 Å². The molecule has 0 aliphatic heterocycles. The highest BCUT2D eigenvalue weighted by Gasteiger charge is 2.52. The first kappa shape index (κ1) is 22.3. The lowest BCUT2D eigenvalue weighted by Gasteiger charge is -2.53. The van der Waals surface area contributed by atoms with Gasteiger partial charge in [0, 0.05) is 30.8 Å². The summed E-state index contributed by atoms with van der Waals surface area (Å²) in [4.78, 5) is 11.5. The number of nitrogens with one attached hydrogen (secondary N) is 1. The molecule has 1 saturated carbocycles. The molecule has 29 heavy (non-hydrogen) atoms. The summed E-state index contributed by atoms with van der Waals surface area (Å²) in [6, 6.07) is 7.93. The van der Waals surface area contributed by atoms with Gasteiger partial charge in [-0.15, -0.1) is 0 Å². The average Bonchev–Trinajstić information content (AvgIpc) is 2.64. The van der Waals surface area contributed by atoms with Crippen LogP contribution in [0.25, 0.3) is 0 Å². The number of hydrogen-bond donors (Lipinski definition) is 2. The quantitative estimate of drug-likeness (QED) is 0.516. The number of ether oxygens (including phenoxy) is 1. The van der Waals surface area contributed by atoms with Crippen LogP contribution in [0.3, 0.4) is 0 Å². The third kappa shape index (κ3) is 5.04. The first-order valence-electron chi connectivity index (χ1n) is 10.7. The molecule has 1 aromatic rings. The largest absolute Gasteiger partial charge is 0.458 e. The molecule has 0 amide bonds. The Labute approximate surface area is 179 Å². The number of benzene rings is 1. The van der Waals surface area contributed by atoms with E-state index >= 15 is 0 Å². The van der Waals surface area contributed by atoms with Crippen LogP contribution in [0.2, 0.25) is 5.02 Å². The molecule has 2 N–H and O–H groups in total. The fraction of sp³-hybridized carbons (Fsp3) is 0.625. The maximum absolute atomic E-state index is 11.6. The standard InChI is InChI=1S/C24H34ClNO3/c1-15-10-22-21(16(2)13-26-14-19-6-5-7-20(25)11-19)9-8-17(3)24(22,28)12-23(15)29-18(4)27/h5-7,10-11,16-17,21-23,26,28H,8-9,12-14H2,1-4H3/t16-,17-,21+,22-,23-,24-/m1/s1. The van der Waals surface area contributed by atoms with Gasteiger partial charge < -0.3 is 15.2 Å². The summed E-state index contributed by atoms with van der Waals surface area (Å²) >= 11 is 6.08. The molecule has 0 unspecified atom stereocenters. The predicted molar refractivity (Wildman–Crippen MR) is 117 cm³/mol. The van der Waals surface area contributed by atoms with E-state index in [0.29, 0.717) is 18.3 Å². The molecule has 0 heterocycles. The van der Waals surface area contributed by atoms with Crippen molar-refractivity contribution in [3.63, 3.8) is 0 Å². The summed E-state index contributed by atoms with van der Waals surface area (Å²) in [6.45, 7) is 9.53. The molecule has 2 aliphatic carbocycles. The van der Waals surface area contributed by atoms with Gasteiger partial charge in [-0.05, 0) is 67.3 Å². The summed E-state index contributed by atoms with van der Waals surface area (Å²) in [5.74, 6) is 0.825. The zero-order valence-corrected chi connectivity index (χ0v) is 18.7. The third-order valence-electron chi connectivity index (χ3n) is 7.01. The summed E-state index contributed by atoms with van der Waals surface area (Å²) < 4.78 is 5.49. The van der Waals surface area contributed by atoms with Gasteiger partial charge in [0.1, 0.15) is 6.10 Å². The number of aliphatic hydroxyl groups is 1. The van der Waals surface area contributed by atoms with Crippen molar-refractivity contribution in [1.29, 1.82) is 0 Å². The van der Waals surface area contributed by atoms with E-state index in [0.717, 1.165) is 36.5 Å². The van der Waals surface area contributed by atoms with Gasteiger partial charge in [-0.25, -0.2) is 0 Å². The molecule has 160 valence electrons. The van der Waals surface area contributed by atoms with E-state index in [1.165, 1.54) is 12.5 Å². The highest BCUT2D eigenvalue weighted by molar-refractivity contribution is 6.30. The van der Waals surface area contributed by atoms with Crippen LogP contribution in [0.15, 0.2) is 35.9 Å². The van der Waals surface area contributed by atoms with E-state index < -0.39 is 5.60 Å². The highest BCUT2D eigenvalue weighted by atomic mass is 35.5. The predicted octanol–water partition coefficient (Wildman–Crippen LogP) is 4.74. The SMILES string of the molecule is CC(=O)O[C@@H]1C[C@@]2(O)[C@H](C)CC[C@@H]([C@H](C)CNCc3cccc(Cl)c3)[C@H]2C=C1C. The van der Waals surface area contributed by atoms with Crippen LogP contribution in [0.1, 0.15) is 52.5 Å². The highest BCUT2D eigenvalue weighted by Crippen LogP contribution is 2.51. The molecular weight excluding hydrogens is 386 g/mol. The van der Waals surface area contributed by atoms with Crippen LogP contribution in [-0.4, -0.2) is 29.3 Å². The van der Waals surface area contributed by atoms with Crippen LogP contribution in [0, 0.1) is 23.7 Å². The smallest absolute Gasteiger partial charge is 0.303 e. The van der Waals surface area contributed by atoms with Gasteiger partial charge in [0.15, 0.2) is 0 Å². The average molecular weight is 420 g/mol. The maximum atomic E-state index is 11.6. The lowest BCUT2D eigenvalue weighted by molar-refractivity contribution is -0.159. The van der Waals surface area contributed by atoms with Crippen molar-refractivity contribution in [2.45, 2.75) is 65.2 Å². The monoisotopic (exact) mass is 419 g/mol. The summed E-state index contributed by atoms with van der Waals surface area (Å²) in [7, 11) is 0. The lowest BCUT2D eigenvalue weighted by Crippen LogP contribution is -2.56. The van der Waals surface area contributed by atoms with E-state index in [1.54, 1.807) is 0 Å². The van der Waals surface area contributed by atoms with Crippen molar-refractivity contribution < 1.29 is 14.6 Å². The number of esters is 1. The van der Waals surface area contributed by atoms with E-state index in [4.69, 9.17) is 16.3 Å². The molecule has 1 aromatic carbocycles. The van der Waals surface area contributed by atoms with E-state index in [9.17, 15) is 9.90 Å². The molecule has 6 atom stereocenters. The normalized spacial score (nSPS) is 32.8. The van der Waals surface area contributed by atoms with Crippen molar-refractivity contribution in [2.24, 2.45) is 23.7 Å². The van der Waals surface area contributed by atoms with Gasteiger partial charge in [-0.2, -0.15) is 0 Å². The Morgan fingerprint density at radius 3 is 2.86 bits per heavy atom. The fourth-order valence-electron chi connectivity index (χ4n) is 5.24. The first-order chi connectivity index (χ1) is 13.7. The molecule has 0 bridgehead atoms. The van der Waals surface area contributed by atoms with Crippen LogP contribution in [0.4, 0.5) is 0 Å². The molecule has 5 heteroatoms. The number of halogens is 1. The maximum Gasteiger partial charge on any atom is 0.303 e. The Morgan fingerprint density at radius 2 is 2.17 bits per heavy atom. The summed E-state index contributed by atoms with van der Waals surface area (Å²) in [5, 5.41) is 16.0. The molecule has 3 rings (SSSR count). The van der Waals surface area contributed by atoms with Gasteiger partial charge in [0.25, 0.3) is 0 Å². The number of rotatable bonds is 6. The Morgan fingerprint density at radius 1 is 1.41 bits per heavy atom. The number of carbonyl (C=O) groups excluding carboxylic acids is 1. The third-order valence-corrected chi connectivity index (χ3v) is 7.25. The first-order valence-corrected chi connectivity index (χ1v) is 11.1. The minimum absolute atomic E-state index is 0.0982. The fourth-order valence-corrected chi connectivity index (χ4v) is 5.45. The van der Waals surface area contributed by atoms with E-state index in [1.807, 2.05) is 25.1 Å². The van der Waals surface area contributed by atoms with Crippen LogP contribution in [-0.2, 0) is 16.1 Å². The molecule has 2 aliphatic rings. The molecule has 0 radical (unpaired) electrons. The van der Waals surface area contributed by atoms with Crippen molar-refractivity contribution >= 4 is 17.6 Å². The number of hydrogen-bond acceptors (Lipinski definition) is 4. The van der Waals surface area contributed by atoms with E-state index in [-0.39, 0.29) is 23.9 Å². The number of carbonyl (C=O) groups is 1. The van der Waals surface area contributed by atoms with E-state index in [2.05, 4.69) is 31.3 Å². The molecule has 0 spiro atoms. The second-order valence-corrected chi connectivity index (χ2v) is 9.55. The summed E-state index contributed by atoms with van der Waals surface area (Å²) in [5.41, 5.74) is 1.42. The van der Waals surface area contributed by atoms with Crippen molar-refractivity contribution in [3.8, 4) is 0 Å². The van der Waals surface area contributed by atoms with Crippen molar-refractivity contribution in [1.82, 2.24) is 5.32 Å². The molecule has 4 nitrogen and oxygen atoms in total. The molecule has 1 fully saturated rings. The van der Waals surface area contributed by atoms with Gasteiger partial charge in [-0.1, -0.05) is 43.7 Å².